The molecule has 0 aliphatic heterocycles. The minimum Gasteiger partial charge on any atom is -0.481 e. The van der Waals surface area contributed by atoms with Crippen LogP contribution in [0.25, 0.3) is 5.57 Å². The maximum atomic E-state index is 14.0. The molecule has 0 bridgehead atoms. The van der Waals surface area contributed by atoms with Crippen molar-refractivity contribution in [1.29, 1.82) is 0 Å². The molecule has 0 saturated heterocycles. The number of carbonyl (C=O) groups is 1. The molecular formula is C33H44N8O3. The molecule has 1 amide bonds. The predicted octanol–water partition coefficient (Wildman–Crippen LogP) is 6.39. The summed E-state index contributed by atoms with van der Waals surface area (Å²) in [7, 11) is 3.01. The lowest BCUT2D eigenvalue weighted by atomic mass is 9.94. The molecule has 0 saturated carbocycles. The molecule has 234 valence electrons. The topological polar surface area (TPSA) is 131 Å². The second-order valence-electron chi connectivity index (χ2n) is 10.5. The number of amides is 1. The fourth-order valence-electron chi connectivity index (χ4n) is 4.74. The van der Waals surface area contributed by atoms with Crippen molar-refractivity contribution in [1.82, 2.24) is 30.6 Å². The van der Waals surface area contributed by atoms with Gasteiger partial charge in [0.05, 0.1) is 20.3 Å². The molecule has 44 heavy (non-hydrogen) atoms. The van der Waals surface area contributed by atoms with E-state index in [0.29, 0.717) is 18.1 Å². The monoisotopic (exact) mass is 600 g/mol. The molecule has 0 radical (unpaired) electrons. The van der Waals surface area contributed by atoms with Crippen LogP contribution in [0.5, 0.6) is 11.8 Å². The van der Waals surface area contributed by atoms with Gasteiger partial charge in [-0.1, -0.05) is 81.4 Å². The molecule has 1 N–H and O–H groups in total. The van der Waals surface area contributed by atoms with E-state index in [4.69, 9.17) is 14.5 Å². The number of aromatic nitrogens is 6. The molecule has 0 spiro atoms. The molecule has 11 nitrogen and oxygen atoms in total. The number of tetrazole rings is 1. The number of amidine groups is 1. The van der Waals surface area contributed by atoms with Crippen LogP contribution in [-0.4, -0.2) is 62.6 Å². The standard InChI is InChI=1S/C33H44N8O3/c1-9-11-15-24(5)34-25(6)41(33-35-29(43-7)21-30(36-33)44-8)32(42)23(4)20-22(3)18-19-26(10-2)27-16-13-12-14-17-28(27)31-37-39-40-38-31/h10,12,14,16-19,21,23-24H,3,9,11,13,15,20H2,1-2,4-8H3,(H,37,38,39,40)/b19-18-,26-10+,34-25?. The smallest absolute Gasteiger partial charge is 0.244 e. The zero-order chi connectivity index (χ0) is 32.1. The van der Waals surface area contributed by atoms with Gasteiger partial charge in [-0.15, -0.1) is 10.2 Å². The van der Waals surface area contributed by atoms with Crippen LogP contribution in [0.15, 0.2) is 76.9 Å². The van der Waals surface area contributed by atoms with E-state index in [2.05, 4.69) is 56.2 Å². The SMILES string of the molecule is C=C(/C=C\C(=C/C)C1=CCC=CC=C1c1nn[nH]n1)CC(C)C(=O)N(C(C)=NC(C)CCCC)c1nc(OC)cc(OC)n1. The molecule has 2 aromatic rings. The van der Waals surface area contributed by atoms with E-state index in [1.54, 1.807) is 13.0 Å². The van der Waals surface area contributed by atoms with Crippen LogP contribution in [0.1, 0.15) is 72.5 Å². The fourth-order valence-corrected chi connectivity index (χ4v) is 4.74. The molecule has 1 aliphatic rings. The van der Waals surface area contributed by atoms with Gasteiger partial charge in [-0.05, 0) is 56.4 Å². The lowest BCUT2D eigenvalue weighted by Crippen LogP contribution is -2.41. The van der Waals surface area contributed by atoms with Crippen LogP contribution < -0.4 is 14.4 Å². The number of carbonyl (C=O) groups excluding carboxylic acids is 1. The minimum absolute atomic E-state index is 0.0325. The van der Waals surface area contributed by atoms with Crippen LogP contribution >= 0.6 is 0 Å². The van der Waals surface area contributed by atoms with Crippen molar-refractivity contribution in [2.75, 3.05) is 19.1 Å². The third-order valence-corrected chi connectivity index (χ3v) is 7.06. The summed E-state index contributed by atoms with van der Waals surface area (Å²) in [6.45, 7) is 14.1. The molecule has 0 aromatic carbocycles. The summed E-state index contributed by atoms with van der Waals surface area (Å²) < 4.78 is 10.7. The van der Waals surface area contributed by atoms with Crippen molar-refractivity contribution in [2.45, 2.75) is 72.8 Å². The highest BCUT2D eigenvalue weighted by atomic mass is 16.5. The van der Waals surface area contributed by atoms with Crippen LogP contribution in [0, 0.1) is 5.92 Å². The first-order valence-electron chi connectivity index (χ1n) is 14.9. The van der Waals surface area contributed by atoms with Crippen LogP contribution in [-0.2, 0) is 4.79 Å². The average molecular weight is 601 g/mol. The molecule has 2 heterocycles. The number of rotatable bonds is 14. The number of nitrogens with one attached hydrogen (secondary N) is 1. The Balaban J connectivity index is 1.84. The summed E-state index contributed by atoms with van der Waals surface area (Å²) in [5.74, 6) is 1.09. The van der Waals surface area contributed by atoms with Crippen molar-refractivity contribution in [3.8, 4) is 11.8 Å². The zero-order valence-electron chi connectivity index (χ0n) is 26.9. The lowest BCUT2D eigenvalue weighted by Gasteiger charge is -2.25. The summed E-state index contributed by atoms with van der Waals surface area (Å²) in [5.41, 5.74) is 3.63. The number of ether oxygens (including phenoxy) is 2. The van der Waals surface area contributed by atoms with E-state index in [0.717, 1.165) is 48.0 Å². The summed E-state index contributed by atoms with van der Waals surface area (Å²) in [4.78, 5) is 29.2. The lowest BCUT2D eigenvalue weighted by molar-refractivity contribution is -0.121. The number of methoxy groups -OCH3 is 2. The highest BCUT2D eigenvalue weighted by molar-refractivity contribution is 6.15. The van der Waals surface area contributed by atoms with Crippen molar-refractivity contribution in [2.24, 2.45) is 10.9 Å². The first-order chi connectivity index (χ1) is 21.2. The number of allylic oxidation sites excluding steroid dienone is 11. The van der Waals surface area contributed by atoms with E-state index in [-0.39, 0.29) is 29.7 Å². The van der Waals surface area contributed by atoms with E-state index in [9.17, 15) is 4.79 Å². The summed E-state index contributed by atoms with van der Waals surface area (Å²) in [5, 5.41) is 14.6. The fraction of sp³-hybridized carbons (Fsp3) is 0.424. The van der Waals surface area contributed by atoms with Gasteiger partial charge in [0.15, 0.2) is 0 Å². The summed E-state index contributed by atoms with van der Waals surface area (Å²) >= 11 is 0. The Labute approximate surface area is 260 Å². The molecule has 0 fully saturated rings. The predicted molar refractivity (Wildman–Crippen MR) is 175 cm³/mol. The molecular weight excluding hydrogens is 556 g/mol. The van der Waals surface area contributed by atoms with Crippen LogP contribution in [0.4, 0.5) is 5.95 Å². The average Bonchev–Trinajstić information content (AvgIpc) is 3.45. The second-order valence-corrected chi connectivity index (χ2v) is 10.5. The maximum absolute atomic E-state index is 14.0. The Morgan fingerprint density at radius 2 is 1.93 bits per heavy atom. The van der Waals surface area contributed by atoms with Crippen LogP contribution in [0.3, 0.4) is 0 Å². The highest BCUT2D eigenvalue weighted by Gasteiger charge is 2.28. The molecule has 2 unspecified atom stereocenters. The van der Waals surface area contributed by atoms with Crippen molar-refractivity contribution < 1.29 is 14.3 Å². The Bertz CT molecular complexity index is 1450. The molecule has 1 aliphatic carbocycles. The number of aromatic amines is 1. The Hall–Kier alpha value is -4.67. The normalized spacial score (nSPS) is 15.3. The first kappa shape index (κ1) is 33.8. The number of anilines is 1. The molecule has 2 atom stereocenters. The second kappa shape index (κ2) is 16.8. The van der Waals surface area contributed by atoms with Gasteiger partial charge in [-0.25, -0.2) is 4.90 Å². The van der Waals surface area contributed by atoms with E-state index < -0.39 is 5.92 Å². The first-order valence-corrected chi connectivity index (χ1v) is 14.9. The molecule has 3 rings (SSSR count). The van der Waals surface area contributed by atoms with E-state index >= 15 is 0 Å². The molecule has 11 heteroatoms. The Kier molecular flexibility index (Phi) is 12.9. The van der Waals surface area contributed by atoms with Gasteiger partial charge in [-0.2, -0.15) is 15.2 Å². The number of nitrogens with zero attached hydrogens (tertiary/aromatic N) is 7. The van der Waals surface area contributed by atoms with Gasteiger partial charge in [-0.3, -0.25) is 9.79 Å². The van der Waals surface area contributed by atoms with Crippen molar-refractivity contribution >= 4 is 23.3 Å². The zero-order valence-corrected chi connectivity index (χ0v) is 26.9. The summed E-state index contributed by atoms with van der Waals surface area (Å²) in [6, 6.07) is 1.60. The highest BCUT2D eigenvalue weighted by Crippen LogP contribution is 2.30. The third kappa shape index (κ3) is 9.16. The Morgan fingerprint density at radius 3 is 2.55 bits per heavy atom. The van der Waals surface area contributed by atoms with Crippen molar-refractivity contribution in [3.05, 3.63) is 77.7 Å². The van der Waals surface area contributed by atoms with Gasteiger partial charge in [0, 0.05) is 17.5 Å². The summed E-state index contributed by atoms with van der Waals surface area (Å²) in [6.07, 6.45) is 18.4. The number of unbranched alkanes of at least 4 members (excludes halogenated alkanes) is 1. The largest absolute Gasteiger partial charge is 0.481 e. The maximum Gasteiger partial charge on any atom is 0.244 e. The van der Waals surface area contributed by atoms with Crippen molar-refractivity contribution in [3.63, 3.8) is 0 Å². The quantitative estimate of drug-likeness (QED) is 0.150. The van der Waals surface area contributed by atoms with Gasteiger partial charge in [0.1, 0.15) is 5.84 Å². The Morgan fingerprint density at radius 1 is 1.20 bits per heavy atom. The number of H-pyrrole nitrogens is 1. The van der Waals surface area contributed by atoms with Gasteiger partial charge >= 0.3 is 0 Å². The van der Waals surface area contributed by atoms with Gasteiger partial charge in [0.25, 0.3) is 0 Å². The van der Waals surface area contributed by atoms with Gasteiger partial charge in [0.2, 0.25) is 29.4 Å². The third-order valence-electron chi connectivity index (χ3n) is 7.06. The minimum atomic E-state index is -0.450. The van der Waals surface area contributed by atoms with E-state index in [1.807, 2.05) is 51.2 Å². The number of aliphatic imine (C=N–C) groups is 1. The number of hydrogen-bond donors (Lipinski definition) is 1. The van der Waals surface area contributed by atoms with Crippen LogP contribution in [0.2, 0.25) is 0 Å². The molecule has 2 aromatic heterocycles. The van der Waals surface area contributed by atoms with E-state index in [1.165, 1.54) is 19.1 Å². The number of hydrogen-bond acceptors (Lipinski definition) is 9. The van der Waals surface area contributed by atoms with Gasteiger partial charge < -0.3 is 9.47 Å².